The van der Waals surface area contributed by atoms with Gasteiger partial charge in [-0.25, -0.2) is 9.07 Å². The number of aromatic nitrogens is 2. The summed E-state index contributed by atoms with van der Waals surface area (Å²) < 4.78 is 25.7. The zero-order valence-corrected chi connectivity index (χ0v) is 16.4. The third kappa shape index (κ3) is 3.68. The molecule has 0 bridgehead atoms. The first-order valence-corrected chi connectivity index (χ1v) is 9.51. The average molecular weight is 395 g/mol. The van der Waals surface area contributed by atoms with E-state index in [4.69, 9.17) is 9.47 Å². The highest BCUT2D eigenvalue weighted by atomic mass is 19.1. The van der Waals surface area contributed by atoms with Crippen molar-refractivity contribution in [3.63, 3.8) is 0 Å². The Balaban J connectivity index is 1.70. The predicted molar refractivity (Wildman–Crippen MR) is 108 cm³/mol. The normalized spacial score (nSPS) is 12.9. The molecule has 4 rings (SSSR count). The smallest absolute Gasteiger partial charge is 0.276 e. The third-order valence-corrected chi connectivity index (χ3v) is 5.12. The minimum absolute atomic E-state index is 0.299. The van der Waals surface area contributed by atoms with Gasteiger partial charge in [0.15, 0.2) is 5.69 Å². The van der Waals surface area contributed by atoms with E-state index < -0.39 is 0 Å². The Morgan fingerprint density at radius 1 is 1.07 bits per heavy atom. The van der Waals surface area contributed by atoms with E-state index in [1.807, 2.05) is 0 Å². The molecule has 0 fully saturated rings. The number of benzene rings is 2. The van der Waals surface area contributed by atoms with Crippen molar-refractivity contribution in [3.05, 3.63) is 65.2 Å². The van der Waals surface area contributed by atoms with Crippen LogP contribution in [0, 0.1) is 5.82 Å². The van der Waals surface area contributed by atoms with Gasteiger partial charge in [0.05, 0.1) is 25.6 Å². The summed E-state index contributed by atoms with van der Waals surface area (Å²) >= 11 is 0. The predicted octanol–water partition coefficient (Wildman–Crippen LogP) is 4.16. The van der Waals surface area contributed by atoms with Crippen molar-refractivity contribution in [2.75, 3.05) is 19.5 Å². The zero-order chi connectivity index (χ0) is 20.4. The topological polar surface area (TPSA) is 65.4 Å². The van der Waals surface area contributed by atoms with Gasteiger partial charge in [-0.05, 0) is 62.1 Å². The number of anilines is 1. The summed E-state index contributed by atoms with van der Waals surface area (Å²) in [5, 5.41) is 7.49. The summed E-state index contributed by atoms with van der Waals surface area (Å²) in [6.45, 7) is 0. The van der Waals surface area contributed by atoms with Gasteiger partial charge in [0, 0.05) is 17.3 Å². The molecule has 1 aromatic heterocycles. The summed E-state index contributed by atoms with van der Waals surface area (Å²) in [4.78, 5) is 13.1. The van der Waals surface area contributed by atoms with Crippen LogP contribution < -0.4 is 14.8 Å². The van der Waals surface area contributed by atoms with Gasteiger partial charge in [-0.3, -0.25) is 4.79 Å². The van der Waals surface area contributed by atoms with Gasteiger partial charge in [-0.15, -0.1) is 0 Å². The highest BCUT2D eigenvalue weighted by Gasteiger charge is 2.26. The second-order valence-electron chi connectivity index (χ2n) is 6.89. The van der Waals surface area contributed by atoms with Crippen LogP contribution in [0.4, 0.5) is 10.1 Å². The molecule has 0 unspecified atom stereocenters. The molecule has 6 nitrogen and oxygen atoms in total. The van der Waals surface area contributed by atoms with Crippen molar-refractivity contribution in [3.8, 4) is 17.2 Å². The van der Waals surface area contributed by atoms with Crippen LogP contribution >= 0.6 is 0 Å². The summed E-state index contributed by atoms with van der Waals surface area (Å²) in [5.41, 5.74) is 3.63. The Bertz CT molecular complexity index is 1040. The molecule has 1 amide bonds. The standard InChI is InChI=1S/C22H22FN3O3/c1-28-16-11-12-18(20(13-16)29-2)24-22(27)21-17-5-3-4-6-19(17)26(25-21)15-9-7-14(23)8-10-15/h7-13H,3-6H2,1-2H3,(H,24,27). The molecule has 1 heterocycles. The molecule has 1 aliphatic rings. The highest BCUT2D eigenvalue weighted by Crippen LogP contribution is 2.31. The van der Waals surface area contributed by atoms with Crippen LogP contribution in [0.5, 0.6) is 11.5 Å². The van der Waals surface area contributed by atoms with Crippen LogP contribution in [-0.4, -0.2) is 29.9 Å². The molecule has 0 atom stereocenters. The maximum Gasteiger partial charge on any atom is 0.276 e. The molecule has 1 N–H and O–H groups in total. The number of fused-ring (bicyclic) bond motifs is 1. The van der Waals surface area contributed by atoms with Crippen molar-refractivity contribution in [2.45, 2.75) is 25.7 Å². The summed E-state index contributed by atoms with van der Waals surface area (Å²) in [6.07, 6.45) is 3.67. The van der Waals surface area contributed by atoms with Crippen LogP contribution in [0.3, 0.4) is 0 Å². The molecule has 7 heteroatoms. The lowest BCUT2D eigenvalue weighted by atomic mass is 9.95. The molecule has 2 aromatic carbocycles. The Labute approximate surface area is 168 Å². The minimum atomic E-state index is -0.306. The van der Waals surface area contributed by atoms with E-state index >= 15 is 0 Å². The van der Waals surface area contributed by atoms with Crippen LogP contribution in [0.15, 0.2) is 42.5 Å². The molecule has 1 aliphatic carbocycles. The number of carbonyl (C=O) groups excluding carboxylic acids is 1. The fourth-order valence-corrected chi connectivity index (χ4v) is 3.66. The Morgan fingerprint density at radius 3 is 2.55 bits per heavy atom. The van der Waals surface area contributed by atoms with E-state index in [0.29, 0.717) is 22.9 Å². The third-order valence-electron chi connectivity index (χ3n) is 5.12. The number of nitrogens with zero attached hydrogens (tertiary/aromatic N) is 2. The number of rotatable bonds is 5. The molecule has 0 saturated heterocycles. The van der Waals surface area contributed by atoms with Crippen molar-refractivity contribution in [1.82, 2.24) is 9.78 Å². The SMILES string of the molecule is COc1ccc(NC(=O)c2nn(-c3ccc(F)cc3)c3c2CCCC3)c(OC)c1. The summed E-state index contributed by atoms with van der Waals surface area (Å²) in [5.74, 6) is 0.536. The largest absolute Gasteiger partial charge is 0.497 e. The van der Waals surface area contributed by atoms with Crippen molar-refractivity contribution >= 4 is 11.6 Å². The van der Waals surface area contributed by atoms with Crippen LogP contribution in [0.2, 0.25) is 0 Å². The lowest BCUT2D eigenvalue weighted by Gasteiger charge is -2.14. The van der Waals surface area contributed by atoms with E-state index in [1.165, 1.54) is 19.2 Å². The molecule has 29 heavy (non-hydrogen) atoms. The lowest BCUT2D eigenvalue weighted by Crippen LogP contribution is -2.16. The van der Waals surface area contributed by atoms with Gasteiger partial charge >= 0.3 is 0 Å². The van der Waals surface area contributed by atoms with Gasteiger partial charge in [0.1, 0.15) is 17.3 Å². The van der Waals surface area contributed by atoms with E-state index in [2.05, 4.69) is 10.4 Å². The van der Waals surface area contributed by atoms with Gasteiger partial charge in [0.2, 0.25) is 0 Å². The number of amides is 1. The Morgan fingerprint density at radius 2 is 1.83 bits per heavy atom. The Kier molecular flexibility index (Phi) is 5.20. The molecule has 0 saturated carbocycles. The first-order chi connectivity index (χ1) is 14.1. The highest BCUT2D eigenvalue weighted by molar-refractivity contribution is 6.05. The lowest BCUT2D eigenvalue weighted by molar-refractivity contribution is 0.102. The second kappa shape index (κ2) is 7.95. The Hall–Kier alpha value is -3.35. The van der Waals surface area contributed by atoms with Gasteiger partial charge < -0.3 is 14.8 Å². The second-order valence-corrected chi connectivity index (χ2v) is 6.89. The number of carbonyl (C=O) groups is 1. The summed E-state index contributed by atoms with van der Waals surface area (Å²) in [6, 6.07) is 11.3. The van der Waals surface area contributed by atoms with Crippen LogP contribution in [0.25, 0.3) is 5.69 Å². The molecular weight excluding hydrogens is 373 g/mol. The van der Waals surface area contributed by atoms with E-state index in [-0.39, 0.29) is 11.7 Å². The van der Waals surface area contributed by atoms with Crippen LogP contribution in [-0.2, 0) is 12.8 Å². The zero-order valence-electron chi connectivity index (χ0n) is 16.4. The molecule has 3 aromatic rings. The van der Waals surface area contributed by atoms with E-state index in [9.17, 15) is 9.18 Å². The molecule has 0 radical (unpaired) electrons. The maximum absolute atomic E-state index is 13.3. The number of halogens is 1. The van der Waals surface area contributed by atoms with E-state index in [1.54, 1.807) is 42.1 Å². The number of hydrogen-bond donors (Lipinski definition) is 1. The maximum atomic E-state index is 13.3. The van der Waals surface area contributed by atoms with E-state index in [0.717, 1.165) is 42.6 Å². The molecule has 150 valence electrons. The van der Waals surface area contributed by atoms with Gasteiger partial charge in [-0.2, -0.15) is 5.10 Å². The molecule has 0 aliphatic heterocycles. The number of hydrogen-bond acceptors (Lipinski definition) is 4. The monoisotopic (exact) mass is 395 g/mol. The number of methoxy groups -OCH3 is 2. The van der Waals surface area contributed by atoms with Gasteiger partial charge in [0.25, 0.3) is 5.91 Å². The number of ether oxygens (including phenoxy) is 2. The summed E-state index contributed by atoms with van der Waals surface area (Å²) in [7, 11) is 3.11. The fraction of sp³-hybridized carbons (Fsp3) is 0.273. The molecule has 0 spiro atoms. The first-order valence-electron chi connectivity index (χ1n) is 9.51. The minimum Gasteiger partial charge on any atom is -0.497 e. The fourth-order valence-electron chi connectivity index (χ4n) is 3.66. The van der Waals surface area contributed by atoms with Crippen LogP contribution in [0.1, 0.15) is 34.6 Å². The van der Waals surface area contributed by atoms with Crippen molar-refractivity contribution in [1.29, 1.82) is 0 Å². The first kappa shape index (κ1) is 19.0. The quantitative estimate of drug-likeness (QED) is 0.705. The van der Waals surface area contributed by atoms with Gasteiger partial charge in [-0.1, -0.05) is 0 Å². The van der Waals surface area contributed by atoms with Crippen molar-refractivity contribution in [2.24, 2.45) is 0 Å². The molecular formula is C22H22FN3O3. The average Bonchev–Trinajstić information content (AvgIpc) is 3.14. The number of nitrogens with one attached hydrogen (secondary N) is 1. The van der Waals surface area contributed by atoms with Crippen molar-refractivity contribution < 1.29 is 18.7 Å².